The van der Waals surface area contributed by atoms with E-state index in [9.17, 15) is 8.78 Å². The van der Waals surface area contributed by atoms with Crippen molar-refractivity contribution in [2.45, 2.75) is 43.8 Å². The summed E-state index contributed by atoms with van der Waals surface area (Å²) >= 11 is 7.09. The van der Waals surface area contributed by atoms with Crippen molar-refractivity contribution in [3.63, 3.8) is 0 Å². The first-order valence-electron chi connectivity index (χ1n) is 9.04. The van der Waals surface area contributed by atoms with Crippen molar-refractivity contribution in [2.24, 2.45) is 7.05 Å². The Kier molecular flexibility index (Phi) is 6.85. The molecule has 0 saturated heterocycles. The van der Waals surface area contributed by atoms with Crippen molar-refractivity contribution in [3.05, 3.63) is 47.3 Å². The van der Waals surface area contributed by atoms with Gasteiger partial charge >= 0.3 is 0 Å². The van der Waals surface area contributed by atoms with E-state index < -0.39 is 11.6 Å². The van der Waals surface area contributed by atoms with Crippen LogP contribution in [-0.4, -0.2) is 31.5 Å². The second-order valence-electron chi connectivity index (χ2n) is 6.68. The van der Waals surface area contributed by atoms with Crippen LogP contribution in [0.3, 0.4) is 0 Å². The van der Waals surface area contributed by atoms with Gasteiger partial charge in [0.25, 0.3) is 0 Å². The molecule has 150 valence electrons. The smallest absolute Gasteiger partial charge is 0.189 e. The van der Waals surface area contributed by atoms with Gasteiger partial charge < -0.3 is 0 Å². The monoisotopic (exact) mass is 425 g/mol. The standard InChI is InChI=1S/C10H14N4S.C9H8ClF2N/c1-4-5-15-10-12-7(2)8-6-11-14(3)9(8)13-10;10-13-9-4-6(9)5-1-2-7(11)8(12)3-5/h6H,4-5H2,1-3H3;1-3,6,9,13H,4H2/t;6-,9?/m.0/s1. The van der Waals surface area contributed by atoms with E-state index in [0.29, 0.717) is 0 Å². The van der Waals surface area contributed by atoms with Crippen molar-refractivity contribution in [1.82, 2.24) is 24.6 Å². The summed E-state index contributed by atoms with van der Waals surface area (Å²) in [4.78, 5) is 11.5. The zero-order valence-electron chi connectivity index (χ0n) is 15.9. The molecule has 1 N–H and O–H groups in total. The van der Waals surface area contributed by atoms with E-state index in [1.807, 2.05) is 20.2 Å². The highest BCUT2D eigenvalue weighted by molar-refractivity contribution is 7.99. The lowest BCUT2D eigenvalue weighted by Crippen LogP contribution is -2.03. The summed E-state index contributed by atoms with van der Waals surface area (Å²) in [5.74, 6) is -0.312. The second-order valence-corrected chi connectivity index (χ2v) is 7.96. The summed E-state index contributed by atoms with van der Waals surface area (Å²) in [6, 6.07) is 4.17. The number of halogens is 3. The molecule has 9 heteroatoms. The fourth-order valence-electron chi connectivity index (χ4n) is 2.82. The van der Waals surface area contributed by atoms with E-state index in [0.717, 1.165) is 52.1 Å². The summed E-state index contributed by atoms with van der Waals surface area (Å²) in [6.45, 7) is 4.16. The molecule has 2 heterocycles. The van der Waals surface area contributed by atoms with Crippen molar-refractivity contribution < 1.29 is 8.78 Å². The zero-order valence-corrected chi connectivity index (χ0v) is 17.5. The van der Waals surface area contributed by atoms with Gasteiger partial charge in [-0.1, -0.05) is 24.8 Å². The summed E-state index contributed by atoms with van der Waals surface area (Å²) in [6.07, 6.45) is 3.84. The minimum Gasteiger partial charge on any atom is -0.250 e. The van der Waals surface area contributed by atoms with Crippen LogP contribution >= 0.6 is 23.5 Å². The maximum Gasteiger partial charge on any atom is 0.189 e. The molecule has 2 aromatic heterocycles. The number of thioether (sulfide) groups is 1. The minimum absolute atomic E-state index is 0.200. The number of nitrogens with zero attached hydrogens (tertiary/aromatic N) is 4. The summed E-state index contributed by atoms with van der Waals surface area (Å²) < 4.78 is 27.1. The Morgan fingerprint density at radius 3 is 2.71 bits per heavy atom. The van der Waals surface area contributed by atoms with Crippen molar-refractivity contribution in [3.8, 4) is 0 Å². The number of aryl methyl sites for hydroxylation is 2. The molecule has 0 amide bonds. The maximum absolute atomic E-state index is 12.8. The Morgan fingerprint density at radius 2 is 2.07 bits per heavy atom. The molecule has 0 spiro atoms. The van der Waals surface area contributed by atoms with Gasteiger partial charge in [0.1, 0.15) is 0 Å². The molecule has 0 radical (unpaired) electrons. The van der Waals surface area contributed by atoms with Crippen LogP contribution in [0.25, 0.3) is 11.0 Å². The van der Waals surface area contributed by atoms with E-state index in [2.05, 4.69) is 26.8 Å². The van der Waals surface area contributed by atoms with E-state index in [1.165, 1.54) is 6.07 Å². The SMILES string of the molecule is CCCSc1nc(C)c2cnn(C)c2n1.Fc1ccc([C@@H]2CC2NCl)cc1F. The van der Waals surface area contributed by atoms with Gasteiger partial charge in [-0.25, -0.2) is 23.6 Å². The van der Waals surface area contributed by atoms with Gasteiger partial charge in [0.15, 0.2) is 22.4 Å². The molecule has 1 aliphatic rings. The molecule has 1 fully saturated rings. The van der Waals surface area contributed by atoms with Crippen LogP contribution in [-0.2, 0) is 7.05 Å². The van der Waals surface area contributed by atoms with Crippen LogP contribution < -0.4 is 4.84 Å². The van der Waals surface area contributed by atoms with Crippen LogP contribution in [0.1, 0.15) is 36.9 Å². The Balaban J connectivity index is 0.000000162. The fraction of sp³-hybridized carbons (Fsp3) is 0.421. The first kappa shape index (κ1) is 21.0. The number of rotatable bonds is 5. The molecule has 28 heavy (non-hydrogen) atoms. The topological polar surface area (TPSA) is 55.6 Å². The molecule has 1 aliphatic carbocycles. The quantitative estimate of drug-likeness (QED) is 0.363. The number of hydrogen-bond acceptors (Lipinski definition) is 5. The Hall–Kier alpha value is -1.77. The van der Waals surface area contributed by atoms with Crippen LogP contribution in [0.15, 0.2) is 29.6 Å². The van der Waals surface area contributed by atoms with Crippen molar-refractivity contribution in [2.75, 3.05) is 5.75 Å². The van der Waals surface area contributed by atoms with Gasteiger partial charge in [0.05, 0.1) is 17.3 Å². The average molecular weight is 426 g/mol. The fourth-order valence-corrected chi connectivity index (χ4v) is 3.80. The molecule has 2 atom stereocenters. The van der Waals surface area contributed by atoms with Crippen LogP contribution in [0, 0.1) is 18.6 Å². The lowest BCUT2D eigenvalue weighted by atomic mass is 10.1. The minimum atomic E-state index is -0.806. The molecule has 4 rings (SSSR count). The third-order valence-corrected chi connectivity index (χ3v) is 5.83. The highest BCUT2D eigenvalue weighted by Crippen LogP contribution is 2.41. The number of hydrogen-bond donors (Lipinski definition) is 1. The molecular formula is C19H22ClF2N5S. The molecule has 3 aromatic rings. The molecule has 5 nitrogen and oxygen atoms in total. The summed E-state index contributed by atoms with van der Waals surface area (Å²) in [5.41, 5.74) is 2.73. The van der Waals surface area contributed by atoms with Gasteiger partial charge in [0, 0.05) is 24.8 Å². The van der Waals surface area contributed by atoms with E-state index in [-0.39, 0.29) is 12.0 Å². The third kappa shape index (κ3) is 4.79. The van der Waals surface area contributed by atoms with Gasteiger partial charge in [-0.15, -0.1) is 0 Å². The Bertz CT molecular complexity index is 965. The maximum atomic E-state index is 12.8. The predicted octanol–water partition coefficient (Wildman–Crippen LogP) is 4.74. The first-order chi connectivity index (χ1) is 13.4. The molecule has 0 aliphatic heterocycles. The average Bonchev–Trinajstić information content (AvgIpc) is 3.38. The number of benzene rings is 1. The molecule has 1 aromatic carbocycles. The highest BCUT2D eigenvalue weighted by Gasteiger charge is 2.38. The molecule has 1 saturated carbocycles. The van der Waals surface area contributed by atoms with Gasteiger partial charge in [-0.05, 0) is 49.2 Å². The molecule has 1 unspecified atom stereocenters. The molecular weight excluding hydrogens is 404 g/mol. The predicted molar refractivity (Wildman–Crippen MR) is 109 cm³/mol. The summed E-state index contributed by atoms with van der Waals surface area (Å²) in [7, 11) is 1.91. The van der Waals surface area contributed by atoms with Crippen LogP contribution in [0.4, 0.5) is 8.78 Å². The van der Waals surface area contributed by atoms with E-state index in [1.54, 1.807) is 22.5 Å². The highest BCUT2D eigenvalue weighted by atomic mass is 35.5. The normalized spacial score (nSPS) is 18.1. The largest absolute Gasteiger partial charge is 0.250 e. The van der Waals surface area contributed by atoms with E-state index in [4.69, 9.17) is 11.8 Å². The van der Waals surface area contributed by atoms with E-state index >= 15 is 0 Å². The lowest BCUT2D eigenvalue weighted by molar-refractivity contribution is 0.507. The van der Waals surface area contributed by atoms with Gasteiger partial charge in [-0.2, -0.15) is 5.10 Å². The van der Waals surface area contributed by atoms with Gasteiger partial charge in [-0.3, -0.25) is 4.68 Å². The third-order valence-electron chi connectivity index (χ3n) is 4.50. The van der Waals surface area contributed by atoms with Crippen molar-refractivity contribution in [1.29, 1.82) is 0 Å². The lowest BCUT2D eigenvalue weighted by Gasteiger charge is -2.01. The van der Waals surface area contributed by atoms with Crippen LogP contribution in [0.5, 0.6) is 0 Å². The second kappa shape index (κ2) is 9.15. The first-order valence-corrected chi connectivity index (χ1v) is 10.4. The number of fused-ring (bicyclic) bond motifs is 1. The Labute approximate surface area is 172 Å². The summed E-state index contributed by atoms with van der Waals surface area (Å²) in [5, 5.41) is 6.08. The zero-order chi connectivity index (χ0) is 20.3. The van der Waals surface area contributed by atoms with Gasteiger partial charge in [0.2, 0.25) is 0 Å². The number of nitrogens with one attached hydrogen (secondary N) is 1. The Morgan fingerprint density at radius 1 is 1.29 bits per heavy atom. The molecule has 0 bridgehead atoms. The number of aromatic nitrogens is 4. The van der Waals surface area contributed by atoms with Crippen molar-refractivity contribution >= 4 is 34.6 Å². The van der Waals surface area contributed by atoms with Crippen LogP contribution in [0.2, 0.25) is 0 Å².